The number of aryl methyl sites for hydroxylation is 1. The normalized spacial score (nSPS) is 14.4. The monoisotopic (exact) mass is 465 g/mol. The molecule has 1 unspecified atom stereocenters. The zero-order chi connectivity index (χ0) is 23.5. The summed E-state index contributed by atoms with van der Waals surface area (Å²) in [6.07, 6.45) is 5.69. The van der Waals surface area contributed by atoms with Crippen LogP contribution in [-0.2, 0) is 4.79 Å². The lowest BCUT2D eigenvalue weighted by Crippen LogP contribution is -2.40. The first-order valence-corrected chi connectivity index (χ1v) is 12.4. The molecule has 3 aromatic rings. The van der Waals surface area contributed by atoms with E-state index in [1.54, 1.807) is 10.6 Å². The Morgan fingerprint density at radius 3 is 2.61 bits per heavy atom. The molecule has 0 bridgehead atoms. The number of hydrogen-bond donors (Lipinski definition) is 0. The highest BCUT2D eigenvalue weighted by molar-refractivity contribution is 6.30. The van der Waals surface area contributed by atoms with Gasteiger partial charge in [-0.2, -0.15) is 0 Å². The Morgan fingerprint density at radius 1 is 1.18 bits per heavy atom. The number of aromatic nitrogens is 2. The van der Waals surface area contributed by atoms with Gasteiger partial charge < -0.3 is 4.90 Å². The number of unbranched alkanes of at least 4 members (excludes halogenated alkanes) is 2. The van der Waals surface area contributed by atoms with E-state index in [1.807, 2.05) is 48.2 Å². The molecule has 1 aliphatic carbocycles. The van der Waals surface area contributed by atoms with Crippen molar-refractivity contribution in [3.8, 4) is 5.69 Å². The average molecular weight is 466 g/mol. The van der Waals surface area contributed by atoms with Gasteiger partial charge in [0.05, 0.1) is 22.6 Å². The SMILES string of the molecule is CCCCCN(C(=O)C1CC1)C(CC)c1nc2ccccc2c(=O)n1-c1ccc(Cl)cc1C. The zero-order valence-electron chi connectivity index (χ0n) is 19.7. The van der Waals surface area contributed by atoms with E-state index in [0.29, 0.717) is 34.7 Å². The molecule has 0 saturated heterocycles. The first-order valence-electron chi connectivity index (χ1n) is 12.0. The lowest BCUT2D eigenvalue weighted by Gasteiger charge is -2.33. The van der Waals surface area contributed by atoms with Gasteiger partial charge in [0, 0.05) is 17.5 Å². The molecular weight excluding hydrogens is 434 g/mol. The van der Waals surface area contributed by atoms with E-state index in [4.69, 9.17) is 16.6 Å². The molecule has 1 fully saturated rings. The summed E-state index contributed by atoms with van der Waals surface area (Å²) < 4.78 is 1.70. The number of amides is 1. The molecule has 33 heavy (non-hydrogen) atoms. The second-order valence-electron chi connectivity index (χ2n) is 9.00. The van der Waals surface area contributed by atoms with Crippen molar-refractivity contribution in [3.05, 3.63) is 69.2 Å². The summed E-state index contributed by atoms with van der Waals surface area (Å²) in [7, 11) is 0. The van der Waals surface area contributed by atoms with Gasteiger partial charge in [0.15, 0.2) is 0 Å². The van der Waals surface area contributed by atoms with Crippen LogP contribution < -0.4 is 5.56 Å². The fraction of sp³-hybridized carbons (Fsp3) is 0.444. The van der Waals surface area contributed by atoms with Crippen LogP contribution in [-0.4, -0.2) is 26.9 Å². The van der Waals surface area contributed by atoms with Crippen LogP contribution in [0.15, 0.2) is 47.3 Å². The van der Waals surface area contributed by atoms with Crippen molar-refractivity contribution in [2.75, 3.05) is 6.54 Å². The second-order valence-corrected chi connectivity index (χ2v) is 9.43. The van der Waals surface area contributed by atoms with Crippen molar-refractivity contribution in [3.63, 3.8) is 0 Å². The number of halogens is 1. The number of rotatable bonds is 9. The van der Waals surface area contributed by atoms with Crippen LogP contribution in [0.3, 0.4) is 0 Å². The molecule has 1 aromatic heterocycles. The van der Waals surface area contributed by atoms with Crippen LogP contribution >= 0.6 is 11.6 Å². The molecular formula is C27H32ClN3O2. The maximum absolute atomic E-state index is 13.8. The Hall–Kier alpha value is -2.66. The van der Waals surface area contributed by atoms with E-state index in [-0.39, 0.29) is 23.4 Å². The van der Waals surface area contributed by atoms with Gasteiger partial charge in [-0.05, 0) is 68.5 Å². The minimum absolute atomic E-state index is 0.110. The van der Waals surface area contributed by atoms with E-state index in [0.717, 1.165) is 43.4 Å². The fourth-order valence-electron chi connectivity index (χ4n) is 4.53. The van der Waals surface area contributed by atoms with Crippen LogP contribution in [0.1, 0.15) is 69.8 Å². The zero-order valence-corrected chi connectivity index (χ0v) is 20.4. The molecule has 1 atom stereocenters. The molecule has 174 valence electrons. The molecule has 1 aliphatic rings. The number of benzene rings is 2. The Morgan fingerprint density at radius 2 is 1.94 bits per heavy atom. The van der Waals surface area contributed by atoms with Crippen molar-refractivity contribution >= 4 is 28.4 Å². The van der Waals surface area contributed by atoms with Crippen LogP contribution in [0.25, 0.3) is 16.6 Å². The quantitative estimate of drug-likeness (QED) is 0.352. The summed E-state index contributed by atoms with van der Waals surface area (Å²) in [5, 5.41) is 1.19. The molecule has 5 nitrogen and oxygen atoms in total. The molecule has 6 heteroatoms. The van der Waals surface area contributed by atoms with Crippen molar-refractivity contribution in [1.29, 1.82) is 0 Å². The number of fused-ring (bicyclic) bond motifs is 1. The summed E-state index contributed by atoms with van der Waals surface area (Å²) in [5.74, 6) is 0.926. The highest BCUT2D eigenvalue weighted by atomic mass is 35.5. The topological polar surface area (TPSA) is 55.2 Å². The third-order valence-electron chi connectivity index (χ3n) is 6.47. The summed E-state index contributed by atoms with van der Waals surface area (Å²) >= 11 is 6.22. The highest BCUT2D eigenvalue weighted by Crippen LogP contribution is 2.36. The van der Waals surface area contributed by atoms with E-state index < -0.39 is 0 Å². The molecule has 4 rings (SSSR count). The average Bonchev–Trinajstić information content (AvgIpc) is 3.65. The van der Waals surface area contributed by atoms with Crippen LogP contribution in [0.5, 0.6) is 0 Å². The summed E-state index contributed by atoms with van der Waals surface area (Å²) in [4.78, 5) is 34.2. The van der Waals surface area contributed by atoms with E-state index in [2.05, 4.69) is 13.8 Å². The standard InChI is InChI=1S/C27H32ClN3O2/c1-4-6-9-16-30(26(32)19-12-13-19)23(5-2)25-29-22-11-8-7-10-21(22)27(33)31(25)24-15-14-20(28)17-18(24)3/h7-8,10-11,14-15,17,19,23H,4-6,9,12-13,16H2,1-3H3. The Labute approximate surface area is 200 Å². The van der Waals surface area contributed by atoms with Crippen molar-refractivity contribution in [1.82, 2.24) is 14.5 Å². The van der Waals surface area contributed by atoms with Gasteiger partial charge in [-0.1, -0.05) is 50.4 Å². The Bertz CT molecular complexity index is 1220. The smallest absolute Gasteiger partial charge is 0.266 e. The third-order valence-corrected chi connectivity index (χ3v) is 6.71. The molecule has 1 amide bonds. The van der Waals surface area contributed by atoms with Gasteiger partial charge in [0.2, 0.25) is 5.91 Å². The van der Waals surface area contributed by atoms with Gasteiger partial charge in [0.25, 0.3) is 5.56 Å². The van der Waals surface area contributed by atoms with E-state index >= 15 is 0 Å². The second kappa shape index (κ2) is 10.1. The molecule has 0 N–H and O–H groups in total. The lowest BCUT2D eigenvalue weighted by molar-refractivity contribution is -0.135. The van der Waals surface area contributed by atoms with Crippen molar-refractivity contribution in [2.24, 2.45) is 5.92 Å². The maximum atomic E-state index is 13.8. The minimum Gasteiger partial charge on any atom is -0.332 e. The minimum atomic E-state index is -0.276. The van der Waals surface area contributed by atoms with Gasteiger partial charge in [0.1, 0.15) is 5.82 Å². The predicted molar refractivity (Wildman–Crippen MR) is 134 cm³/mol. The van der Waals surface area contributed by atoms with E-state index in [9.17, 15) is 9.59 Å². The maximum Gasteiger partial charge on any atom is 0.266 e. The number of hydrogen-bond acceptors (Lipinski definition) is 3. The summed E-state index contributed by atoms with van der Waals surface area (Å²) in [6.45, 7) is 6.86. The summed E-state index contributed by atoms with van der Waals surface area (Å²) in [5.41, 5.74) is 2.19. The van der Waals surface area contributed by atoms with Crippen molar-refractivity contribution < 1.29 is 4.79 Å². The lowest BCUT2D eigenvalue weighted by atomic mass is 10.1. The molecule has 1 saturated carbocycles. The third kappa shape index (κ3) is 4.84. The van der Waals surface area contributed by atoms with Gasteiger partial charge in [-0.25, -0.2) is 4.98 Å². The fourth-order valence-corrected chi connectivity index (χ4v) is 4.76. The first kappa shape index (κ1) is 23.5. The van der Waals surface area contributed by atoms with Crippen molar-refractivity contribution in [2.45, 2.75) is 65.3 Å². The van der Waals surface area contributed by atoms with Gasteiger partial charge in [-0.3, -0.25) is 14.2 Å². The molecule has 0 radical (unpaired) electrons. The molecule has 0 aliphatic heterocycles. The molecule has 1 heterocycles. The van der Waals surface area contributed by atoms with Gasteiger partial charge in [-0.15, -0.1) is 0 Å². The molecule has 0 spiro atoms. The molecule has 2 aromatic carbocycles. The van der Waals surface area contributed by atoms with Crippen LogP contribution in [0.4, 0.5) is 0 Å². The number of carbonyl (C=O) groups is 1. The Balaban J connectivity index is 1.92. The van der Waals surface area contributed by atoms with Gasteiger partial charge >= 0.3 is 0 Å². The van der Waals surface area contributed by atoms with E-state index in [1.165, 1.54) is 0 Å². The number of nitrogens with zero attached hydrogens (tertiary/aromatic N) is 3. The van der Waals surface area contributed by atoms with Crippen LogP contribution in [0.2, 0.25) is 5.02 Å². The number of carbonyl (C=O) groups excluding carboxylic acids is 1. The highest BCUT2D eigenvalue weighted by Gasteiger charge is 2.37. The Kier molecular flexibility index (Phi) is 7.18. The largest absolute Gasteiger partial charge is 0.332 e. The first-order chi connectivity index (χ1) is 16.0. The van der Waals surface area contributed by atoms with Crippen LogP contribution in [0, 0.1) is 12.8 Å². The predicted octanol–water partition coefficient (Wildman–Crippen LogP) is 6.23. The summed E-state index contributed by atoms with van der Waals surface area (Å²) in [6, 6.07) is 12.7. The number of para-hydroxylation sites is 1.